The monoisotopic (exact) mass is 337 g/mol. The SMILES string of the molecule is Cc1ccc(CCNS(=O)(=O)c2cc(C(=O)O)ccc2F)cc1. The highest BCUT2D eigenvalue weighted by atomic mass is 32.2. The molecule has 2 aromatic rings. The van der Waals surface area contributed by atoms with Gasteiger partial charge in [0.05, 0.1) is 5.56 Å². The smallest absolute Gasteiger partial charge is 0.335 e. The minimum Gasteiger partial charge on any atom is -0.478 e. The van der Waals surface area contributed by atoms with Crippen LogP contribution in [0.4, 0.5) is 4.39 Å². The van der Waals surface area contributed by atoms with Gasteiger partial charge < -0.3 is 5.11 Å². The molecule has 0 saturated heterocycles. The van der Waals surface area contributed by atoms with Crippen LogP contribution in [0.3, 0.4) is 0 Å². The Hall–Kier alpha value is -2.25. The molecule has 0 saturated carbocycles. The number of aromatic carboxylic acids is 1. The van der Waals surface area contributed by atoms with E-state index in [4.69, 9.17) is 5.11 Å². The Labute approximate surface area is 133 Å². The quantitative estimate of drug-likeness (QED) is 0.847. The highest BCUT2D eigenvalue weighted by molar-refractivity contribution is 7.89. The molecule has 0 radical (unpaired) electrons. The molecular weight excluding hydrogens is 321 g/mol. The maximum atomic E-state index is 13.7. The summed E-state index contributed by atoms with van der Waals surface area (Å²) in [5.41, 5.74) is 1.75. The van der Waals surface area contributed by atoms with Crippen molar-refractivity contribution in [3.8, 4) is 0 Å². The molecule has 0 unspecified atom stereocenters. The summed E-state index contributed by atoms with van der Waals surface area (Å²) in [6.45, 7) is 2.03. The molecule has 2 aromatic carbocycles. The zero-order valence-corrected chi connectivity index (χ0v) is 13.2. The molecule has 0 spiro atoms. The molecule has 2 rings (SSSR count). The Bertz CT molecular complexity index is 816. The Morgan fingerprint density at radius 3 is 2.43 bits per heavy atom. The summed E-state index contributed by atoms with van der Waals surface area (Å²) in [4.78, 5) is 10.2. The Balaban J connectivity index is 2.11. The van der Waals surface area contributed by atoms with Crippen molar-refractivity contribution in [1.29, 1.82) is 0 Å². The van der Waals surface area contributed by atoms with E-state index in [1.165, 1.54) is 0 Å². The fourth-order valence-corrected chi connectivity index (χ4v) is 3.14. The number of sulfonamides is 1. The lowest BCUT2D eigenvalue weighted by molar-refractivity contribution is 0.0696. The summed E-state index contributed by atoms with van der Waals surface area (Å²) >= 11 is 0. The number of halogens is 1. The van der Waals surface area contributed by atoms with Gasteiger partial charge in [-0.2, -0.15) is 0 Å². The summed E-state index contributed by atoms with van der Waals surface area (Å²) in [7, 11) is -4.11. The van der Waals surface area contributed by atoms with Crippen molar-refractivity contribution in [3.63, 3.8) is 0 Å². The molecule has 122 valence electrons. The van der Waals surface area contributed by atoms with E-state index in [0.717, 1.165) is 29.3 Å². The molecule has 0 heterocycles. The number of carbonyl (C=O) groups is 1. The average molecular weight is 337 g/mol. The van der Waals surface area contributed by atoms with Gasteiger partial charge in [-0.3, -0.25) is 0 Å². The number of rotatable bonds is 6. The van der Waals surface area contributed by atoms with E-state index < -0.39 is 26.7 Å². The first-order valence-electron chi connectivity index (χ1n) is 6.87. The maximum Gasteiger partial charge on any atom is 0.335 e. The van der Waals surface area contributed by atoms with Gasteiger partial charge in [0.15, 0.2) is 0 Å². The van der Waals surface area contributed by atoms with E-state index in [2.05, 4.69) is 4.72 Å². The van der Waals surface area contributed by atoms with Crippen molar-refractivity contribution in [2.45, 2.75) is 18.2 Å². The maximum absolute atomic E-state index is 13.7. The van der Waals surface area contributed by atoms with E-state index in [0.29, 0.717) is 6.42 Å². The number of hydrogen-bond donors (Lipinski definition) is 2. The summed E-state index contributed by atoms with van der Waals surface area (Å²) < 4.78 is 40.3. The summed E-state index contributed by atoms with van der Waals surface area (Å²) in [5.74, 6) is -2.31. The fraction of sp³-hybridized carbons (Fsp3) is 0.188. The minimum atomic E-state index is -4.11. The molecule has 0 aliphatic heterocycles. The van der Waals surface area contributed by atoms with Gasteiger partial charge in [-0.25, -0.2) is 22.3 Å². The van der Waals surface area contributed by atoms with Gasteiger partial charge in [-0.1, -0.05) is 29.8 Å². The minimum absolute atomic E-state index is 0.0854. The molecule has 2 N–H and O–H groups in total. The standard InChI is InChI=1S/C16H16FNO4S/c1-11-2-4-12(5-3-11)8-9-18-23(21,22)15-10-13(16(19)20)6-7-14(15)17/h2-7,10,18H,8-9H2,1H3,(H,19,20). The topological polar surface area (TPSA) is 83.5 Å². The van der Waals surface area contributed by atoms with Crippen molar-refractivity contribution >= 4 is 16.0 Å². The van der Waals surface area contributed by atoms with Crippen LogP contribution in [0.15, 0.2) is 47.4 Å². The number of aryl methyl sites for hydroxylation is 1. The van der Waals surface area contributed by atoms with Gasteiger partial charge in [0.25, 0.3) is 0 Å². The summed E-state index contributed by atoms with van der Waals surface area (Å²) in [5, 5.41) is 8.88. The van der Waals surface area contributed by atoms with Crippen LogP contribution in [-0.2, 0) is 16.4 Å². The van der Waals surface area contributed by atoms with Crippen LogP contribution in [0.1, 0.15) is 21.5 Å². The van der Waals surface area contributed by atoms with Crippen molar-refractivity contribution in [2.75, 3.05) is 6.54 Å². The van der Waals surface area contributed by atoms with Crippen molar-refractivity contribution in [3.05, 3.63) is 65.0 Å². The predicted molar refractivity (Wildman–Crippen MR) is 83.4 cm³/mol. The number of nitrogens with one attached hydrogen (secondary N) is 1. The van der Waals surface area contributed by atoms with Gasteiger partial charge in [0.1, 0.15) is 10.7 Å². The zero-order valence-electron chi connectivity index (χ0n) is 12.4. The summed E-state index contributed by atoms with van der Waals surface area (Å²) in [6, 6.07) is 10.3. The Morgan fingerprint density at radius 1 is 1.17 bits per heavy atom. The molecule has 0 aliphatic rings. The first-order valence-corrected chi connectivity index (χ1v) is 8.36. The Kier molecular flexibility index (Phi) is 5.12. The van der Waals surface area contributed by atoms with Gasteiger partial charge in [0, 0.05) is 6.54 Å². The second kappa shape index (κ2) is 6.89. The van der Waals surface area contributed by atoms with Crippen LogP contribution in [0.2, 0.25) is 0 Å². The largest absolute Gasteiger partial charge is 0.478 e. The third-order valence-electron chi connectivity index (χ3n) is 3.29. The second-order valence-corrected chi connectivity index (χ2v) is 6.82. The lowest BCUT2D eigenvalue weighted by Crippen LogP contribution is -2.27. The van der Waals surface area contributed by atoms with Crippen molar-refractivity contribution in [1.82, 2.24) is 4.72 Å². The highest BCUT2D eigenvalue weighted by Crippen LogP contribution is 2.16. The summed E-state index contributed by atoms with van der Waals surface area (Å²) in [6.07, 6.45) is 0.444. The average Bonchev–Trinajstić information content (AvgIpc) is 2.49. The molecule has 5 nitrogen and oxygen atoms in total. The van der Waals surface area contributed by atoms with Gasteiger partial charge >= 0.3 is 5.97 Å². The normalized spacial score (nSPS) is 11.4. The molecule has 0 aromatic heterocycles. The van der Waals surface area contributed by atoms with E-state index in [1.807, 2.05) is 31.2 Å². The first kappa shape index (κ1) is 17.1. The van der Waals surface area contributed by atoms with Gasteiger partial charge in [-0.05, 0) is 37.1 Å². The predicted octanol–water partition coefficient (Wildman–Crippen LogP) is 2.35. The molecule has 0 amide bonds. The van der Waals surface area contributed by atoms with Crippen LogP contribution in [0.5, 0.6) is 0 Å². The van der Waals surface area contributed by atoms with Gasteiger partial charge in [-0.15, -0.1) is 0 Å². The van der Waals surface area contributed by atoms with E-state index in [1.54, 1.807) is 0 Å². The highest BCUT2D eigenvalue weighted by Gasteiger charge is 2.20. The zero-order chi connectivity index (χ0) is 17.0. The number of carboxylic acid groups (broad SMARTS) is 1. The third-order valence-corrected chi connectivity index (χ3v) is 4.77. The van der Waals surface area contributed by atoms with E-state index in [9.17, 15) is 17.6 Å². The number of hydrogen-bond acceptors (Lipinski definition) is 3. The van der Waals surface area contributed by atoms with Crippen molar-refractivity contribution in [2.24, 2.45) is 0 Å². The molecule has 23 heavy (non-hydrogen) atoms. The van der Waals surface area contributed by atoms with Crippen LogP contribution in [-0.4, -0.2) is 26.0 Å². The lowest BCUT2D eigenvalue weighted by atomic mass is 10.1. The van der Waals surface area contributed by atoms with Crippen LogP contribution >= 0.6 is 0 Å². The van der Waals surface area contributed by atoms with Crippen LogP contribution in [0, 0.1) is 12.7 Å². The van der Waals surface area contributed by atoms with Crippen LogP contribution in [0.25, 0.3) is 0 Å². The fourth-order valence-electron chi connectivity index (χ4n) is 2.00. The molecule has 7 heteroatoms. The second-order valence-electron chi connectivity index (χ2n) is 5.08. The number of benzene rings is 2. The molecule has 0 atom stereocenters. The van der Waals surface area contributed by atoms with Gasteiger partial charge in [0.2, 0.25) is 10.0 Å². The first-order chi connectivity index (χ1) is 10.8. The van der Waals surface area contributed by atoms with Crippen molar-refractivity contribution < 1.29 is 22.7 Å². The van der Waals surface area contributed by atoms with E-state index in [-0.39, 0.29) is 12.1 Å². The lowest BCUT2D eigenvalue weighted by Gasteiger charge is -2.09. The number of carboxylic acids is 1. The molecular formula is C16H16FNO4S. The van der Waals surface area contributed by atoms with Crippen LogP contribution < -0.4 is 4.72 Å². The molecule has 0 aliphatic carbocycles. The molecule has 0 bridgehead atoms. The Morgan fingerprint density at radius 2 is 1.83 bits per heavy atom. The molecule has 0 fully saturated rings. The van der Waals surface area contributed by atoms with E-state index >= 15 is 0 Å². The third kappa shape index (κ3) is 4.37.